The second kappa shape index (κ2) is 5.38. The summed E-state index contributed by atoms with van der Waals surface area (Å²) in [5, 5.41) is 18.6. The van der Waals surface area contributed by atoms with Gasteiger partial charge in [0.05, 0.1) is 6.10 Å². The average Bonchev–Trinajstić information content (AvgIpc) is 2.80. The van der Waals surface area contributed by atoms with Crippen molar-refractivity contribution >= 4 is 11.9 Å². The van der Waals surface area contributed by atoms with Crippen molar-refractivity contribution in [2.24, 2.45) is 5.73 Å². The number of nitrogens with two attached hydrogens (primary N) is 1. The number of aliphatic hydroxyl groups excluding tert-OH is 1. The zero-order valence-electron chi connectivity index (χ0n) is 10.3. The summed E-state index contributed by atoms with van der Waals surface area (Å²) >= 11 is 0. The normalized spacial score (nSPS) is 24.2. The number of carbonyl (C=O) groups excluding carboxylic acids is 1. The number of carbonyl (C=O) groups is 2. The van der Waals surface area contributed by atoms with Crippen LogP contribution in [0.2, 0.25) is 0 Å². The molecular formula is C13H16N2O4. The highest BCUT2D eigenvalue weighted by Crippen LogP contribution is 2.22. The number of carboxylic acid groups (broad SMARTS) is 1. The number of amides is 1. The number of likely N-dealkylation sites (tertiary alicyclic amines) is 1. The zero-order valence-corrected chi connectivity index (χ0v) is 10.3. The van der Waals surface area contributed by atoms with E-state index in [0.29, 0.717) is 5.56 Å². The minimum absolute atomic E-state index is 0.0103. The SMILES string of the molecule is N[C@@H](C(=O)N1CC(O)C[C@H]1C(=O)O)c1ccccc1. The third-order valence-electron chi connectivity index (χ3n) is 3.27. The van der Waals surface area contributed by atoms with Gasteiger partial charge in [-0.1, -0.05) is 30.3 Å². The molecule has 6 nitrogen and oxygen atoms in total. The van der Waals surface area contributed by atoms with Crippen molar-refractivity contribution < 1.29 is 19.8 Å². The Hall–Kier alpha value is -1.92. The molecule has 1 heterocycles. The van der Waals surface area contributed by atoms with E-state index in [-0.39, 0.29) is 13.0 Å². The second-order valence-electron chi connectivity index (χ2n) is 4.62. The molecule has 0 aliphatic carbocycles. The van der Waals surface area contributed by atoms with Gasteiger partial charge in [0.25, 0.3) is 0 Å². The van der Waals surface area contributed by atoms with E-state index >= 15 is 0 Å². The lowest BCUT2D eigenvalue weighted by atomic mass is 10.1. The molecule has 6 heteroatoms. The van der Waals surface area contributed by atoms with Crippen molar-refractivity contribution in [3.05, 3.63) is 35.9 Å². The lowest BCUT2D eigenvalue weighted by molar-refractivity contribution is -0.148. The molecule has 19 heavy (non-hydrogen) atoms. The van der Waals surface area contributed by atoms with Crippen LogP contribution in [0.15, 0.2) is 30.3 Å². The minimum Gasteiger partial charge on any atom is -0.480 e. The summed E-state index contributed by atoms with van der Waals surface area (Å²) in [7, 11) is 0. The van der Waals surface area contributed by atoms with Gasteiger partial charge in [0, 0.05) is 13.0 Å². The summed E-state index contributed by atoms with van der Waals surface area (Å²) in [6, 6.07) is 6.84. The number of hydrogen-bond donors (Lipinski definition) is 3. The third kappa shape index (κ3) is 2.74. The maximum atomic E-state index is 12.2. The molecule has 3 atom stereocenters. The number of aliphatic hydroxyl groups is 1. The van der Waals surface area contributed by atoms with Gasteiger partial charge in [-0.2, -0.15) is 0 Å². The molecule has 0 bridgehead atoms. The van der Waals surface area contributed by atoms with Crippen LogP contribution in [0.5, 0.6) is 0 Å². The summed E-state index contributed by atoms with van der Waals surface area (Å²) in [4.78, 5) is 24.5. The van der Waals surface area contributed by atoms with Crippen LogP contribution < -0.4 is 5.73 Å². The Morgan fingerprint density at radius 2 is 1.95 bits per heavy atom. The van der Waals surface area contributed by atoms with E-state index in [1.807, 2.05) is 0 Å². The highest BCUT2D eigenvalue weighted by Gasteiger charge is 2.40. The van der Waals surface area contributed by atoms with Gasteiger partial charge < -0.3 is 20.8 Å². The summed E-state index contributed by atoms with van der Waals surface area (Å²) in [5.41, 5.74) is 6.48. The quantitative estimate of drug-likeness (QED) is 0.697. The van der Waals surface area contributed by atoms with Gasteiger partial charge in [0.1, 0.15) is 12.1 Å². The molecule has 0 radical (unpaired) electrons. The van der Waals surface area contributed by atoms with Crippen LogP contribution in [-0.4, -0.2) is 45.7 Å². The lowest BCUT2D eigenvalue weighted by Crippen LogP contribution is -2.45. The van der Waals surface area contributed by atoms with Crippen molar-refractivity contribution in [3.63, 3.8) is 0 Å². The molecular weight excluding hydrogens is 248 g/mol. The smallest absolute Gasteiger partial charge is 0.326 e. The lowest BCUT2D eigenvalue weighted by Gasteiger charge is -2.24. The first-order chi connectivity index (χ1) is 9.00. The molecule has 0 saturated carbocycles. The first kappa shape index (κ1) is 13.5. The number of rotatable bonds is 3. The number of hydrogen-bond acceptors (Lipinski definition) is 4. The molecule has 1 aliphatic heterocycles. The Bertz CT molecular complexity index is 477. The summed E-state index contributed by atoms with van der Waals surface area (Å²) in [6.07, 6.45) is -0.768. The number of β-amino-alcohol motifs (C(OH)–C–C–N with tert-alkyl or cyclic N) is 1. The van der Waals surface area contributed by atoms with Crippen molar-refractivity contribution in [1.82, 2.24) is 4.90 Å². The highest BCUT2D eigenvalue weighted by atomic mass is 16.4. The van der Waals surface area contributed by atoms with Crippen LogP contribution in [0.3, 0.4) is 0 Å². The Morgan fingerprint density at radius 1 is 1.32 bits per heavy atom. The van der Waals surface area contributed by atoms with Crippen molar-refractivity contribution in [2.45, 2.75) is 24.6 Å². The van der Waals surface area contributed by atoms with Crippen molar-refractivity contribution in [2.75, 3.05) is 6.54 Å². The summed E-state index contributed by atoms with van der Waals surface area (Å²) in [6.45, 7) is 0.0103. The fraction of sp³-hybridized carbons (Fsp3) is 0.385. The highest BCUT2D eigenvalue weighted by molar-refractivity contribution is 5.88. The molecule has 1 unspecified atom stereocenters. The number of carboxylic acids is 1. The number of aliphatic carboxylic acids is 1. The van der Waals surface area contributed by atoms with Crippen LogP contribution >= 0.6 is 0 Å². The monoisotopic (exact) mass is 264 g/mol. The topological polar surface area (TPSA) is 104 Å². The maximum Gasteiger partial charge on any atom is 0.326 e. The molecule has 0 aromatic heterocycles. The van der Waals surface area contributed by atoms with E-state index in [1.54, 1.807) is 30.3 Å². The van der Waals surface area contributed by atoms with Gasteiger partial charge in [-0.05, 0) is 5.56 Å². The molecule has 1 saturated heterocycles. The first-order valence-corrected chi connectivity index (χ1v) is 6.02. The van der Waals surface area contributed by atoms with Gasteiger partial charge >= 0.3 is 5.97 Å². The van der Waals surface area contributed by atoms with E-state index in [4.69, 9.17) is 10.8 Å². The fourth-order valence-corrected chi connectivity index (χ4v) is 2.27. The van der Waals surface area contributed by atoms with Crippen LogP contribution in [0.25, 0.3) is 0 Å². The van der Waals surface area contributed by atoms with E-state index in [0.717, 1.165) is 4.90 Å². The van der Waals surface area contributed by atoms with E-state index in [9.17, 15) is 14.7 Å². The van der Waals surface area contributed by atoms with Crippen LogP contribution in [0.4, 0.5) is 0 Å². The average molecular weight is 264 g/mol. The molecule has 1 aromatic rings. The van der Waals surface area contributed by atoms with Crippen LogP contribution in [0, 0.1) is 0 Å². The maximum absolute atomic E-state index is 12.2. The molecule has 1 aromatic carbocycles. The fourth-order valence-electron chi connectivity index (χ4n) is 2.27. The van der Waals surface area contributed by atoms with Crippen LogP contribution in [-0.2, 0) is 9.59 Å². The second-order valence-corrected chi connectivity index (χ2v) is 4.62. The first-order valence-electron chi connectivity index (χ1n) is 6.02. The largest absolute Gasteiger partial charge is 0.480 e. The Balaban J connectivity index is 2.17. The Kier molecular flexibility index (Phi) is 3.82. The van der Waals surface area contributed by atoms with E-state index in [1.165, 1.54) is 0 Å². The van der Waals surface area contributed by atoms with Gasteiger partial charge in [0.15, 0.2) is 0 Å². The van der Waals surface area contributed by atoms with Gasteiger partial charge in [-0.15, -0.1) is 0 Å². The van der Waals surface area contributed by atoms with Gasteiger partial charge in [0.2, 0.25) is 5.91 Å². The van der Waals surface area contributed by atoms with Gasteiger partial charge in [-0.3, -0.25) is 4.79 Å². The number of nitrogens with zero attached hydrogens (tertiary/aromatic N) is 1. The van der Waals surface area contributed by atoms with Gasteiger partial charge in [-0.25, -0.2) is 4.79 Å². The third-order valence-corrected chi connectivity index (χ3v) is 3.27. The predicted molar refractivity (Wildman–Crippen MR) is 67.1 cm³/mol. The number of benzene rings is 1. The summed E-state index contributed by atoms with van der Waals surface area (Å²) in [5.74, 6) is -1.60. The summed E-state index contributed by atoms with van der Waals surface area (Å²) < 4.78 is 0. The zero-order chi connectivity index (χ0) is 14.0. The van der Waals surface area contributed by atoms with Crippen molar-refractivity contribution in [1.29, 1.82) is 0 Å². The van der Waals surface area contributed by atoms with Crippen molar-refractivity contribution in [3.8, 4) is 0 Å². The Morgan fingerprint density at radius 3 is 2.53 bits per heavy atom. The predicted octanol–water partition coefficient (Wildman–Crippen LogP) is -0.267. The molecule has 1 amide bonds. The van der Waals surface area contributed by atoms with E-state index < -0.39 is 30.1 Å². The standard InChI is InChI=1S/C13H16N2O4/c14-11(8-4-2-1-3-5-8)12(17)15-7-9(16)6-10(15)13(18)19/h1-5,9-11,16H,6-7,14H2,(H,18,19)/t9?,10-,11+/m0/s1. The molecule has 0 spiro atoms. The molecule has 1 fully saturated rings. The Labute approximate surface area is 110 Å². The molecule has 4 N–H and O–H groups in total. The molecule has 102 valence electrons. The molecule has 2 rings (SSSR count). The van der Waals surface area contributed by atoms with E-state index in [2.05, 4.69) is 0 Å². The van der Waals surface area contributed by atoms with Crippen LogP contribution in [0.1, 0.15) is 18.0 Å². The molecule has 1 aliphatic rings. The minimum atomic E-state index is -1.12.